The van der Waals surface area contributed by atoms with Crippen molar-refractivity contribution in [2.45, 2.75) is 12.8 Å². The van der Waals surface area contributed by atoms with Crippen LogP contribution < -0.4 is 15.4 Å². The standard InChI is InChI=1S/C22H20N4O3/c1-23-21-17-11-24-20(26-22(27)12-3-4-12)9-15(17)16(10-25-21)19-8-13-7-14(28-2)5-6-18(13)29-19/h5-12H,3-4H2,1-2H3,(H,23,25)(H,24,26,27). The number of pyridine rings is 2. The van der Waals surface area contributed by atoms with Gasteiger partial charge in [-0.2, -0.15) is 0 Å². The number of aromatic nitrogens is 2. The van der Waals surface area contributed by atoms with E-state index in [0.29, 0.717) is 17.4 Å². The van der Waals surface area contributed by atoms with Crippen molar-refractivity contribution in [2.75, 3.05) is 24.8 Å². The minimum Gasteiger partial charge on any atom is -0.497 e. The number of fused-ring (bicyclic) bond motifs is 2. The second kappa shape index (κ2) is 6.77. The van der Waals surface area contributed by atoms with Crippen LogP contribution in [0, 0.1) is 5.92 Å². The summed E-state index contributed by atoms with van der Waals surface area (Å²) in [6.07, 6.45) is 5.39. The number of anilines is 2. The summed E-state index contributed by atoms with van der Waals surface area (Å²) in [5, 5.41) is 8.71. The number of carbonyl (C=O) groups is 1. The van der Waals surface area contributed by atoms with Gasteiger partial charge in [0.15, 0.2) is 0 Å². The minimum absolute atomic E-state index is 0.0251. The number of furan rings is 1. The van der Waals surface area contributed by atoms with Crippen LogP contribution in [0.5, 0.6) is 5.75 Å². The highest BCUT2D eigenvalue weighted by Gasteiger charge is 2.30. The van der Waals surface area contributed by atoms with Crippen LogP contribution >= 0.6 is 0 Å². The fourth-order valence-electron chi connectivity index (χ4n) is 3.45. The van der Waals surface area contributed by atoms with Gasteiger partial charge in [-0.15, -0.1) is 0 Å². The summed E-state index contributed by atoms with van der Waals surface area (Å²) in [6.45, 7) is 0. The third-order valence-corrected chi connectivity index (χ3v) is 5.20. The molecule has 1 aliphatic rings. The molecule has 0 bridgehead atoms. The molecule has 1 amide bonds. The summed E-state index contributed by atoms with van der Waals surface area (Å²) in [5.41, 5.74) is 1.60. The molecule has 7 heteroatoms. The van der Waals surface area contributed by atoms with E-state index in [4.69, 9.17) is 9.15 Å². The first-order chi connectivity index (χ1) is 14.2. The van der Waals surface area contributed by atoms with Gasteiger partial charge in [0.2, 0.25) is 5.91 Å². The maximum absolute atomic E-state index is 12.2. The number of nitrogens with one attached hydrogen (secondary N) is 2. The molecule has 0 spiro atoms. The second-order valence-corrected chi connectivity index (χ2v) is 7.16. The van der Waals surface area contributed by atoms with Crippen LogP contribution in [0.15, 0.2) is 47.1 Å². The molecule has 3 aromatic heterocycles. The Morgan fingerprint density at radius 2 is 2.00 bits per heavy atom. The zero-order valence-electron chi connectivity index (χ0n) is 16.2. The Hall–Kier alpha value is -3.61. The number of carbonyl (C=O) groups excluding carboxylic acids is 1. The molecule has 1 aromatic carbocycles. The molecule has 146 valence electrons. The summed E-state index contributed by atoms with van der Waals surface area (Å²) >= 11 is 0. The van der Waals surface area contributed by atoms with Gasteiger partial charge in [0.05, 0.1) is 7.11 Å². The molecule has 0 saturated heterocycles. The fraction of sp³-hybridized carbons (Fsp3) is 0.227. The number of benzene rings is 1. The number of amides is 1. The van der Waals surface area contributed by atoms with Crippen LogP contribution in [0.25, 0.3) is 33.1 Å². The minimum atomic E-state index is 0.0251. The molecule has 1 aliphatic carbocycles. The van der Waals surface area contributed by atoms with E-state index in [1.165, 1.54) is 0 Å². The fourth-order valence-corrected chi connectivity index (χ4v) is 3.45. The lowest BCUT2D eigenvalue weighted by atomic mass is 10.1. The van der Waals surface area contributed by atoms with Crippen molar-refractivity contribution in [3.05, 3.63) is 42.7 Å². The van der Waals surface area contributed by atoms with E-state index in [1.807, 2.05) is 37.4 Å². The highest BCUT2D eigenvalue weighted by molar-refractivity contribution is 6.04. The van der Waals surface area contributed by atoms with E-state index in [0.717, 1.165) is 45.9 Å². The highest BCUT2D eigenvalue weighted by atomic mass is 16.5. The Kier molecular flexibility index (Phi) is 4.08. The van der Waals surface area contributed by atoms with Crippen LogP contribution in [0.2, 0.25) is 0 Å². The summed E-state index contributed by atoms with van der Waals surface area (Å²) < 4.78 is 11.4. The molecule has 7 nitrogen and oxygen atoms in total. The van der Waals surface area contributed by atoms with Crippen molar-refractivity contribution in [1.29, 1.82) is 0 Å². The first-order valence-corrected chi connectivity index (χ1v) is 9.51. The van der Waals surface area contributed by atoms with Gasteiger partial charge in [-0.25, -0.2) is 9.97 Å². The van der Waals surface area contributed by atoms with Gasteiger partial charge in [0.25, 0.3) is 0 Å². The Morgan fingerprint density at radius 3 is 2.76 bits per heavy atom. The average molecular weight is 388 g/mol. The zero-order chi connectivity index (χ0) is 20.0. The van der Waals surface area contributed by atoms with E-state index in [9.17, 15) is 4.79 Å². The Morgan fingerprint density at radius 1 is 1.14 bits per heavy atom. The molecule has 29 heavy (non-hydrogen) atoms. The van der Waals surface area contributed by atoms with Gasteiger partial charge in [0.1, 0.15) is 28.7 Å². The van der Waals surface area contributed by atoms with Gasteiger partial charge in [0, 0.05) is 47.1 Å². The van der Waals surface area contributed by atoms with Crippen molar-refractivity contribution in [1.82, 2.24) is 9.97 Å². The lowest BCUT2D eigenvalue weighted by Crippen LogP contribution is -2.14. The highest BCUT2D eigenvalue weighted by Crippen LogP contribution is 2.36. The van der Waals surface area contributed by atoms with Gasteiger partial charge in [-0.1, -0.05) is 0 Å². The summed E-state index contributed by atoms with van der Waals surface area (Å²) in [4.78, 5) is 21.1. The Balaban J connectivity index is 1.64. The number of methoxy groups -OCH3 is 1. The summed E-state index contributed by atoms with van der Waals surface area (Å²) in [7, 11) is 3.46. The molecule has 5 rings (SSSR count). The summed E-state index contributed by atoms with van der Waals surface area (Å²) in [6, 6.07) is 9.53. The molecular formula is C22H20N4O3. The number of rotatable bonds is 5. The van der Waals surface area contributed by atoms with Crippen molar-refractivity contribution in [3.8, 4) is 17.1 Å². The monoisotopic (exact) mass is 388 g/mol. The van der Waals surface area contributed by atoms with Crippen molar-refractivity contribution >= 4 is 39.3 Å². The van der Waals surface area contributed by atoms with E-state index < -0.39 is 0 Å². The quantitative estimate of drug-likeness (QED) is 0.525. The van der Waals surface area contributed by atoms with E-state index in [1.54, 1.807) is 19.5 Å². The predicted molar refractivity (Wildman–Crippen MR) is 112 cm³/mol. The molecule has 1 fully saturated rings. The lowest BCUT2D eigenvalue weighted by Gasteiger charge is -2.10. The molecule has 3 heterocycles. The topological polar surface area (TPSA) is 89.3 Å². The van der Waals surface area contributed by atoms with Crippen LogP contribution in [0.4, 0.5) is 11.6 Å². The van der Waals surface area contributed by atoms with Crippen molar-refractivity contribution in [2.24, 2.45) is 5.92 Å². The number of nitrogens with zero attached hydrogens (tertiary/aromatic N) is 2. The normalized spacial score (nSPS) is 13.6. The largest absolute Gasteiger partial charge is 0.497 e. The maximum atomic E-state index is 12.2. The smallest absolute Gasteiger partial charge is 0.228 e. The number of ether oxygens (including phenoxy) is 1. The van der Waals surface area contributed by atoms with Gasteiger partial charge in [-0.3, -0.25) is 4.79 Å². The molecule has 2 N–H and O–H groups in total. The second-order valence-electron chi connectivity index (χ2n) is 7.16. The zero-order valence-corrected chi connectivity index (χ0v) is 16.2. The molecule has 0 atom stereocenters. The van der Waals surface area contributed by atoms with Crippen LogP contribution in [-0.2, 0) is 4.79 Å². The Labute approximate surface area is 167 Å². The molecule has 0 radical (unpaired) electrons. The Bertz CT molecular complexity index is 1240. The van der Waals surface area contributed by atoms with Crippen LogP contribution in [-0.4, -0.2) is 30.0 Å². The molecule has 0 aliphatic heterocycles. The summed E-state index contributed by atoms with van der Waals surface area (Å²) in [5.74, 6) is 2.85. The third kappa shape index (κ3) is 3.14. The number of hydrogen-bond donors (Lipinski definition) is 2. The van der Waals surface area contributed by atoms with E-state index in [-0.39, 0.29) is 11.8 Å². The van der Waals surface area contributed by atoms with Gasteiger partial charge in [-0.05, 0) is 43.2 Å². The third-order valence-electron chi connectivity index (χ3n) is 5.20. The molecule has 1 saturated carbocycles. The van der Waals surface area contributed by atoms with Crippen LogP contribution in [0.3, 0.4) is 0 Å². The maximum Gasteiger partial charge on any atom is 0.228 e. The van der Waals surface area contributed by atoms with Crippen molar-refractivity contribution < 1.29 is 13.9 Å². The number of hydrogen-bond acceptors (Lipinski definition) is 6. The van der Waals surface area contributed by atoms with Crippen molar-refractivity contribution in [3.63, 3.8) is 0 Å². The lowest BCUT2D eigenvalue weighted by molar-refractivity contribution is -0.117. The molecule has 0 unspecified atom stereocenters. The molecular weight excluding hydrogens is 368 g/mol. The SMILES string of the molecule is CNc1ncc(-c2cc3cc(OC)ccc3o2)c2cc(NC(=O)C3CC3)ncc12. The predicted octanol–water partition coefficient (Wildman–Crippen LogP) is 4.44. The first-order valence-electron chi connectivity index (χ1n) is 9.51. The average Bonchev–Trinajstić information content (AvgIpc) is 3.51. The van der Waals surface area contributed by atoms with E-state index in [2.05, 4.69) is 20.6 Å². The van der Waals surface area contributed by atoms with Crippen LogP contribution in [0.1, 0.15) is 12.8 Å². The van der Waals surface area contributed by atoms with Gasteiger partial charge >= 0.3 is 0 Å². The molecule has 4 aromatic rings. The van der Waals surface area contributed by atoms with Gasteiger partial charge < -0.3 is 19.8 Å². The first kappa shape index (κ1) is 17.5. The van der Waals surface area contributed by atoms with E-state index >= 15 is 0 Å².